The summed E-state index contributed by atoms with van der Waals surface area (Å²) < 4.78 is 18.8. The Morgan fingerprint density at radius 1 is 1.11 bits per heavy atom. The summed E-state index contributed by atoms with van der Waals surface area (Å²) in [7, 11) is 0. The van der Waals surface area contributed by atoms with Crippen molar-refractivity contribution in [2.75, 3.05) is 6.61 Å². The Morgan fingerprint density at radius 3 is 2.89 bits per heavy atom. The number of fused-ring (bicyclic) bond motifs is 1. The van der Waals surface area contributed by atoms with Crippen molar-refractivity contribution >= 4 is 0 Å². The van der Waals surface area contributed by atoms with E-state index in [1.54, 1.807) is 12.1 Å². The van der Waals surface area contributed by atoms with Crippen LogP contribution in [0.25, 0.3) is 0 Å². The molecule has 19 heavy (non-hydrogen) atoms. The van der Waals surface area contributed by atoms with Crippen LogP contribution < -0.4 is 0 Å². The molecule has 0 radical (unpaired) electrons. The van der Waals surface area contributed by atoms with E-state index in [-0.39, 0.29) is 11.9 Å². The molecule has 2 aromatic carbocycles. The molecule has 0 unspecified atom stereocenters. The zero-order valence-corrected chi connectivity index (χ0v) is 10.4. The Morgan fingerprint density at radius 2 is 2.00 bits per heavy atom. The largest absolute Gasteiger partial charge is 0.360 e. The molecule has 0 aromatic heterocycles. The Labute approximate surface area is 112 Å². The van der Waals surface area contributed by atoms with Crippen LogP contribution in [0.15, 0.2) is 48.5 Å². The maximum Gasteiger partial charge on any atom is 0.144 e. The summed E-state index contributed by atoms with van der Waals surface area (Å²) in [5.41, 5.74) is 3.08. The van der Waals surface area contributed by atoms with E-state index in [1.165, 1.54) is 17.7 Å². The predicted octanol–water partition coefficient (Wildman–Crippen LogP) is 3.49. The smallest absolute Gasteiger partial charge is 0.144 e. The van der Waals surface area contributed by atoms with Gasteiger partial charge in [-0.15, -0.1) is 0 Å². The van der Waals surface area contributed by atoms with Crippen molar-refractivity contribution in [3.8, 4) is 11.8 Å². The van der Waals surface area contributed by atoms with E-state index in [0.29, 0.717) is 12.2 Å². The van der Waals surface area contributed by atoms with Gasteiger partial charge in [-0.2, -0.15) is 0 Å². The molecular formula is C17H13FO. The minimum atomic E-state index is -0.267. The van der Waals surface area contributed by atoms with Gasteiger partial charge in [-0.25, -0.2) is 4.39 Å². The highest BCUT2D eigenvalue weighted by Gasteiger charge is 2.17. The second-order valence-corrected chi connectivity index (χ2v) is 4.48. The molecule has 2 aromatic rings. The lowest BCUT2D eigenvalue weighted by molar-refractivity contribution is 0.0814. The summed E-state index contributed by atoms with van der Waals surface area (Å²) in [6.07, 6.45) is 0.710. The minimum Gasteiger partial charge on any atom is -0.360 e. The SMILES string of the molecule is Fc1cccc(C#C[C@@H]2OCCc3ccccc32)c1. The van der Waals surface area contributed by atoms with Crippen LogP contribution in [-0.4, -0.2) is 6.61 Å². The van der Waals surface area contributed by atoms with Gasteiger partial charge in [-0.05, 0) is 35.7 Å². The van der Waals surface area contributed by atoms with E-state index >= 15 is 0 Å². The molecule has 0 amide bonds. The van der Waals surface area contributed by atoms with Crippen molar-refractivity contribution in [1.82, 2.24) is 0 Å². The van der Waals surface area contributed by atoms with Gasteiger partial charge in [0.1, 0.15) is 11.9 Å². The summed E-state index contributed by atoms with van der Waals surface area (Å²) in [5, 5.41) is 0. The molecule has 0 saturated carbocycles. The van der Waals surface area contributed by atoms with E-state index in [9.17, 15) is 4.39 Å². The first kappa shape index (κ1) is 12.0. The van der Waals surface area contributed by atoms with E-state index < -0.39 is 0 Å². The van der Waals surface area contributed by atoms with Crippen molar-refractivity contribution in [2.45, 2.75) is 12.5 Å². The average Bonchev–Trinajstić information content (AvgIpc) is 2.45. The molecule has 0 aliphatic carbocycles. The number of hydrogen-bond donors (Lipinski definition) is 0. The number of hydrogen-bond acceptors (Lipinski definition) is 1. The summed E-state index contributed by atoms with van der Waals surface area (Å²) in [4.78, 5) is 0. The van der Waals surface area contributed by atoms with Gasteiger partial charge in [-0.1, -0.05) is 42.2 Å². The van der Waals surface area contributed by atoms with Crippen molar-refractivity contribution in [1.29, 1.82) is 0 Å². The Balaban J connectivity index is 1.90. The molecule has 0 saturated heterocycles. The fraction of sp³-hybridized carbons (Fsp3) is 0.176. The molecule has 0 N–H and O–H groups in total. The highest BCUT2D eigenvalue weighted by Crippen LogP contribution is 2.26. The first-order valence-electron chi connectivity index (χ1n) is 6.29. The van der Waals surface area contributed by atoms with Gasteiger partial charge in [0.25, 0.3) is 0 Å². The zero-order chi connectivity index (χ0) is 13.1. The summed E-state index contributed by atoms with van der Waals surface area (Å²) in [6.45, 7) is 0.680. The second-order valence-electron chi connectivity index (χ2n) is 4.48. The maximum atomic E-state index is 13.1. The minimum absolute atomic E-state index is 0.215. The molecule has 0 fully saturated rings. The van der Waals surface area contributed by atoms with Crippen molar-refractivity contribution in [3.63, 3.8) is 0 Å². The zero-order valence-electron chi connectivity index (χ0n) is 10.4. The van der Waals surface area contributed by atoms with Crippen LogP contribution in [0.5, 0.6) is 0 Å². The normalized spacial score (nSPS) is 17.2. The third-order valence-corrected chi connectivity index (χ3v) is 3.17. The lowest BCUT2D eigenvalue weighted by atomic mass is 9.98. The van der Waals surface area contributed by atoms with Crippen LogP contribution in [0.2, 0.25) is 0 Å². The molecule has 1 aliphatic rings. The quantitative estimate of drug-likeness (QED) is 0.652. The van der Waals surface area contributed by atoms with Gasteiger partial charge in [0.2, 0.25) is 0 Å². The Bertz CT molecular complexity index is 652. The van der Waals surface area contributed by atoms with Crippen LogP contribution in [0, 0.1) is 17.7 Å². The third kappa shape index (κ3) is 2.67. The molecule has 3 rings (SSSR count). The van der Waals surface area contributed by atoms with E-state index in [2.05, 4.69) is 17.9 Å². The highest BCUT2D eigenvalue weighted by molar-refractivity contribution is 5.40. The number of benzene rings is 2. The van der Waals surface area contributed by atoms with Gasteiger partial charge >= 0.3 is 0 Å². The molecule has 1 heterocycles. The van der Waals surface area contributed by atoms with E-state index in [4.69, 9.17) is 4.74 Å². The molecular weight excluding hydrogens is 239 g/mol. The topological polar surface area (TPSA) is 9.23 Å². The first-order chi connectivity index (χ1) is 9.33. The summed E-state index contributed by atoms with van der Waals surface area (Å²) >= 11 is 0. The van der Waals surface area contributed by atoms with Crippen molar-refractivity contribution in [3.05, 3.63) is 71.0 Å². The molecule has 0 spiro atoms. The van der Waals surface area contributed by atoms with Gasteiger partial charge < -0.3 is 4.74 Å². The van der Waals surface area contributed by atoms with Gasteiger partial charge in [0.05, 0.1) is 6.61 Å². The number of rotatable bonds is 0. The highest BCUT2D eigenvalue weighted by atomic mass is 19.1. The number of ether oxygens (including phenoxy) is 1. The summed E-state index contributed by atoms with van der Waals surface area (Å²) in [6, 6.07) is 14.5. The van der Waals surface area contributed by atoms with Crippen LogP contribution in [0.4, 0.5) is 4.39 Å². The number of halogens is 1. The monoisotopic (exact) mass is 252 g/mol. The van der Waals surface area contributed by atoms with Crippen molar-refractivity contribution < 1.29 is 9.13 Å². The Kier molecular flexibility index (Phi) is 3.31. The van der Waals surface area contributed by atoms with Crippen molar-refractivity contribution in [2.24, 2.45) is 0 Å². The maximum absolute atomic E-state index is 13.1. The molecule has 2 heteroatoms. The lowest BCUT2D eigenvalue weighted by Crippen LogP contribution is -2.14. The molecule has 1 nitrogen and oxygen atoms in total. The Hall–Kier alpha value is -2.11. The lowest BCUT2D eigenvalue weighted by Gasteiger charge is -2.21. The first-order valence-corrected chi connectivity index (χ1v) is 6.29. The molecule has 1 aliphatic heterocycles. The fourth-order valence-electron chi connectivity index (χ4n) is 2.23. The van der Waals surface area contributed by atoms with Gasteiger partial charge in [0.15, 0.2) is 0 Å². The van der Waals surface area contributed by atoms with E-state index in [0.717, 1.165) is 12.0 Å². The molecule has 1 atom stereocenters. The fourth-order valence-corrected chi connectivity index (χ4v) is 2.23. The van der Waals surface area contributed by atoms with Crippen LogP contribution in [0.1, 0.15) is 22.8 Å². The summed E-state index contributed by atoms with van der Waals surface area (Å²) in [5.74, 6) is 5.80. The predicted molar refractivity (Wildman–Crippen MR) is 72.1 cm³/mol. The average molecular weight is 252 g/mol. The molecule has 0 bridgehead atoms. The van der Waals surface area contributed by atoms with E-state index in [1.807, 2.05) is 18.2 Å². The van der Waals surface area contributed by atoms with Crippen LogP contribution in [-0.2, 0) is 11.2 Å². The van der Waals surface area contributed by atoms with Crippen LogP contribution in [0.3, 0.4) is 0 Å². The second kappa shape index (κ2) is 5.26. The van der Waals surface area contributed by atoms with Crippen LogP contribution >= 0.6 is 0 Å². The van der Waals surface area contributed by atoms with Gasteiger partial charge in [-0.3, -0.25) is 0 Å². The third-order valence-electron chi connectivity index (χ3n) is 3.17. The standard InChI is InChI=1S/C17H13FO/c18-15-6-3-4-13(12-15)8-9-17-16-7-2-1-5-14(16)10-11-19-17/h1-7,12,17H,10-11H2/t17-/m0/s1. The van der Waals surface area contributed by atoms with Gasteiger partial charge in [0, 0.05) is 5.56 Å². The molecule has 94 valence electrons.